The van der Waals surface area contributed by atoms with Crippen LogP contribution in [-0.2, 0) is 4.79 Å². The summed E-state index contributed by atoms with van der Waals surface area (Å²) in [7, 11) is 0. The Bertz CT molecular complexity index is 442. The van der Waals surface area contributed by atoms with Crippen LogP contribution >= 0.6 is 36.6 Å². The number of aromatic nitrogens is 1. The van der Waals surface area contributed by atoms with Crippen LogP contribution in [0.25, 0.3) is 0 Å². The summed E-state index contributed by atoms with van der Waals surface area (Å²) in [6.07, 6.45) is 3.33. The van der Waals surface area contributed by atoms with E-state index in [9.17, 15) is 4.79 Å². The molecular weight excluding hydrogens is 355 g/mol. The molecule has 0 bridgehead atoms. The van der Waals surface area contributed by atoms with Crippen LogP contribution in [-0.4, -0.2) is 48.1 Å². The minimum absolute atomic E-state index is 0. The molecule has 1 aromatic heterocycles. The molecule has 2 rings (SSSR count). The first-order valence-corrected chi connectivity index (χ1v) is 8.64. The molecular formula is C15H26Cl2N4OS. The van der Waals surface area contributed by atoms with E-state index in [-0.39, 0.29) is 30.7 Å². The molecule has 1 aromatic rings. The third-order valence-electron chi connectivity index (χ3n) is 3.32. The lowest BCUT2D eigenvalue weighted by molar-refractivity contribution is -0.121. The van der Waals surface area contributed by atoms with Gasteiger partial charge in [0, 0.05) is 49.8 Å². The Hall–Kier alpha value is -0.690. The molecule has 0 aliphatic carbocycles. The zero-order valence-corrected chi connectivity index (χ0v) is 15.8. The lowest BCUT2D eigenvalue weighted by atomic mass is 10.2. The first kappa shape index (κ1) is 22.3. The van der Waals surface area contributed by atoms with Crippen LogP contribution < -0.4 is 16.0 Å². The fourth-order valence-corrected chi connectivity index (χ4v) is 3.10. The molecule has 8 heteroatoms. The van der Waals surface area contributed by atoms with E-state index in [2.05, 4.69) is 20.9 Å². The molecule has 0 saturated carbocycles. The van der Waals surface area contributed by atoms with Gasteiger partial charge in [-0.1, -0.05) is 6.07 Å². The van der Waals surface area contributed by atoms with Crippen LogP contribution in [0.2, 0.25) is 0 Å². The molecule has 1 unspecified atom stereocenters. The van der Waals surface area contributed by atoms with Gasteiger partial charge in [0.1, 0.15) is 5.82 Å². The molecule has 5 nitrogen and oxygen atoms in total. The van der Waals surface area contributed by atoms with Gasteiger partial charge in [0.2, 0.25) is 5.91 Å². The van der Waals surface area contributed by atoms with Crippen molar-refractivity contribution in [2.24, 2.45) is 0 Å². The van der Waals surface area contributed by atoms with Gasteiger partial charge < -0.3 is 16.0 Å². The van der Waals surface area contributed by atoms with Crippen LogP contribution in [0.1, 0.15) is 18.4 Å². The Labute approximate surface area is 155 Å². The number of pyridine rings is 1. The summed E-state index contributed by atoms with van der Waals surface area (Å²) in [5, 5.41) is 9.60. The van der Waals surface area contributed by atoms with Crippen LogP contribution in [0.15, 0.2) is 18.3 Å². The van der Waals surface area contributed by atoms with Crippen molar-refractivity contribution in [3.63, 3.8) is 0 Å². The molecule has 1 saturated heterocycles. The third-order valence-corrected chi connectivity index (χ3v) is 4.45. The number of thioether (sulfide) groups is 1. The van der Waals surface area contributed by atoms with Crippen LogP contribution in [0.3, 0.4) is 0 Å². The van der Waals surface area contributed by atoms with Gasteiger partial charge >= 0.3 is 0 Å². The molecule has 0 radical (unpaired) electrons. The predicted octanol–water partition coefficient (Wildman–Crippen LogP) is 2.25. The molecule has 1 amide bonds. The fourth-order valence-electron chi connectivity index (χ4n) is 2.15. The largest absolute Gasteiger partial charge is 0.370 e. The van der Waals surface area contributed by atoms with E-state index in [0.717, 1.165) is 42.4 Å². The minimum Gasteiger partial charge on any atom is -0.370 e. The number of rotatable bonds is 7. The highest BCUT2D eigenvalue weighted by molar-refractivity contribution is 7.99. The van der Waals surface area contributed by atoms with Crippen molar-refractivity contribution in [2.75, 3.05) is 36.5 Å². The van der Waals surface area contributed by atoms with Gasteiger partial charge in [-0.15, -0.1) is 24.8 Å². The number of halogens is 2. The first-order valence-electron chi connectivity index (χ1n) is 7.48. The number of anilines is 1. The highest BCUT2D eigenvalue weighted by atomic mass is 35.5. The molecule has 0 spiro atoms. The van der Waals surface area contributed by atoms with Crippen molar-refractivity contribution >= 4 is 48.3 Å². The summed E-state index contributed by atoms with van der Waals surface area (Å²) in [4.78, 5) is 16.1. The molecule has 1 aliphatic rings. The van der Waals surface area contributed by atoms with Gasteiger partial charge in [-0.25, -0.2) is 4.98 Å². The number of carbonyl (C=O) groups excluding carboxylic acids is 1. The van der Waals surface area contributed by atoms with Crippen molar-refractivity contribution in [1.82, 2.24) is 15.6 Å². The van der Waals surface area contributed by atoms with E-state index in [1.165, 1.54) is 0 Å². The van der Waals surface area contributed by atoms with Crippen molar-refractivity contribution < 1.29 is 4.79 Å². The average Bonchev–Trinajstić information content (AvgIpc) is 2.50. The summed E-state index contributed by atoms with van der Waals surface area (Å²) >= 11 is 1.92. The minimum atomic E-state index is 0. The highest BCUT2D eigenvalue weighted by Crippen LogP contribution is 2.09. The van der Waals surface area contributed by atoms with Gasteiger partial charge in [-0.05, 0) is 25.0 Å². The number of nitrogens with zero attached hydrogens (tertiary/aromatic N) is 1. The van der Waals surface area contributed by atoms with E-state index in [1.807, 2.05) is 37.0 Å². The molecule has 1 fully saturated rings. The Morgan fingerprint density at radius 1 is 1.39 bits per heavy atom. The summed E-state index contributed by atoms with van der Waals surface area (Å²) in [5.74, 6) is 3.21. The fraction of sp³-hybridized carbons (Fsp3) is 0.600. The number of hydrogen-bond donors (Lipinski definition) is 3. The molecule has 23 heavy (non-hydrogen) atoms. The van der Waals surface area contributed by atoms with Crippen LogP contribution in [0.4, 0.5) is 5.82 Å². The maximum absolute atomic E-state index is 11.8. The average molecular weight is 381 g/mol. The van der Waals surface area contributed by atoms with Crippen molar-refractivity contribution in [3.05, 3.63) is 23.9 Å². The summed E-state index contributed by atoms with van der Waals surface area (Å²) < 4.78 is 0. The topological polar surface area (TPSA) is 66.0 Å². The maximum atomic E-state index is 11.8. The van der Waals surface area contributed by atoms with Gasteiger partial charge in [0.25, 0.3) is 0 Å². The van der Waals surface area contributed by atoms with Gasteiger partial charge in [0.15, 0.2) is 0 Å². The Morgan fingerprint density at radius 3 is 2.87 bits per heavy atom. The van der Waals surface area contributed by atoms with E-state index in [4.69, 9.17) is 0 Å². The number of aryl methyl sites for hydroxylation is 1. The standard InChI is InChI=1S/C15H24N4OS.2ClH/c1-12-3-4-14(19-10-12)17-5-2-6-18-15(20)9-13-11-21-8-7-16-13;;/h3-4,10,13,16H,2,5-9,11H2,1H3,(H,17,19)(H,18,20);2*1H. The molecule has 132 valence electrons. The van der Waals surface area contributed by atoms with Gasteiger partial charge in [-0.2, -0.15) is 11.8 Å². The summed E-state index contributed by atoms with van der Waals surface area (Å²) in [6.45, 7) is 4.55. The SMILES string of the molecule is Cc1ccc(NCCCNC(=O)CC2CSCCN2)nc1.Cl.Cl. The summed E-state index contributed by atoms with van der Waals surface area (Å²) in [5.41, 5.74) is 1.15. The van der Waals surface area contributed by atoms with Crippen molar-refractivity contribution in [3.8, 4) is 0 Å². The monoisotopic (exact) mass is 380 g/mol. The second kappa shape index (κ2) is 12.7. The summed E-state index contributed by atoms with van der Waals surface area (Å²) in [6, 6.07) is 4.34. The lowest BCUT2D eigenvalue weighted by Gasteiger charge is -2.22. The molecule has 0 aromatic carbocycles. The third kappa shape index (κ3) is 9.25. The normalized spacial score (nSPS) is 16.7. The van der Waals surface area contributed by atoms with E-state index in [1.54, 1.807) is 0 Å². The Kier molecular flexibility index (Phi) is 12.3. The smallest absolute Gasteiger partial charge is 0.221 e. The quantitative estimate of drug-likeness (QED) is 0.633. The zero-order valence-electron chi connectivity index (χ0n) is 13.3. The Balaban J connectivity index is 0.00000242. The molecule has 2 heterocycles. The van der Waals surface area contributed by atoms with E-state index < -0.39 is 0 Å². The van der Waals surface area contributed by atoms with Crippen LogP contribution in [0.5, 0.6) is 0 Å². The number of hydrogen-bond acceptors (Lipinski definition) is 5. The molecule has 3 N–H and O–H groups in total. The second-order valence-corrected chi connectivity index (χ2v) is 6.43. The predicted molar refractivity (Wildman–Crippen MR) is 103 cm³/mol. The van der Waals surface area contributed by atoms with Crippen molar-refractivity contribution in [2.45, 2.75) is 25.8 Å². The zero-order chi connectivity index (χ0) is 14.9. The number of carbonyl (C=O) groups is 1. The van der Waals surface area contributed by atoms with Gasteiger partial charge in [0.05, 0.1) is 0 Å². The van der Waals surface area contributed by atoms with Gasteiger partial charge in [-0.3, -0.25) is 4.79 Å². The Morgan fingerprint density at radius 2 is 2.22 bits per heavy atom. The molecule has 1 aliphatic heterocycles. The number of nitrogens with one attached hydrogen (secondary N) is 3. The second-order valence-electron chi connectivity index (χ2n) is 5.28. The highest BCUT2D eigenvalue weighted by Gasteiger charge is 2.16. The van der Waals surface area contributed by atoms with Crippen LogP contribution in [0, 0.1) is 6.92 Å². The van der Waals surface area contributed by atoms with E-state index in [0.29, 0.717) is 19.0 Å². The van der Waals surface area contributed by atoms with E-state index >= 15 is 0 Å². The number of amides is 1. The van der Waals surface area contributed by atoms with Crippen molar-refractivity contribution in [1.29, 1.82) is 0 Å². The first-order chi connectivity index (χ1) is 10.2. The molecule has 1 atom stereocenters. The lowest BCUT2D eigenvalue weighted by Crippen LogP contribution is -2.41. The maximum Gasteiger partial charge on any atom is 0.221 e.